The van der Waals surface area contributed by atoms with E-state index in [-0.39, 0.29) is 11.8 Å². The van der Waals surface area contributed by atoms with E-state index in [9.17, 15) is 9.59 Å². The summed E-state index contributed by atoms with van der Waals surface area (Å²) in [5, 5.41) is 0. The van der Waals surface area contributed by atoms with Gasteiger partial charge in [0.2, 0.25) is 0 Å². The molecule has 2 amide bonds. The maximum Gasteiger partial charge on any atom is 0.279 e. The van der Waals surface area contributed by atoms with Crippen LogP contribution in [0.15, 0.2) is 24.3 Å². The lowest BCUT2D eigenvalue weighted by molar-refractivity contribution is 0.0849. The molecular formula is C17H18N2O2S. The topological polar surface area (TPSA) is 58.2 Å². The highest BCUT2D eigenvalue weighted by molar-refractivity contribution is 7.14. The molecule has 1 aliphatic carbocycles. The van der Waals surface area contributed by atoms with E-state index < -0.39 is 0 Å². The first-order chi connectivity index (χ1) is 10.5. The van der Waals surface area contributed by atoms with Gasteiger partial charge >= 0.3 is 0 Å². The summed E-state index contributed by atoms with van der Waals surface area (Å²) >= 11 is 1.52. The molecule has 5 heteroatoms. The molecule has 0 spiro atoms. The third-order valence-corrected chi connectivity index (χ3v) is 4.98. The second-order valence-corrected chi connectivity index (χ2v) is 6.83. The molecule has 0 unspecified atom stereocenters. The Bertz CT molecular complexity index is 707. The third-order valence-electron chi connectivity index (χ3n) is 3.74. The van der Waals surface area contributed by atoms with Crippen molar-refractivity contribution < 1.29 is 9.59 Å². The van der Waals surface area contributed by atoms with Crippen molar-refractivity contribution in [2.75, 3.05) is 0 Å². The Morgan fingerprint density at radius 1 is 0.955 bits per heavy atom. The normalized spacial score (nSPS) is 12.8. The second kappa shape index (κ2) is 5.93. The van der Waals surface area contributed by atoms with E-state index in [0.717, 1.165) is 24.0 Å². The SMILES string of the molecule is Cc1cc(C)cc(C(=O)NNC(=O)c2cc3c(s2)CCC3)c1. The van der Waals surface area contributed by atoms with E-state index in [2.05, 4.69) is 10.9 Å². The molecule has 1 heterocycles. The molecule has 0 radical (unpaired) electrons. The van der Waals surface area contributed by atoms with Crippen LogP contribution >= 0.6 is 11.3 Å². The maximum atomic E-state index is 12.1. The summed E-state index contributed by atoms with van der Waals surface area (Å²) in [4.78, 5) is 26.2. The molecule has 0 saturated carbocycles. The first-order valence-electron chi connectivity index (χ1n) is 7.33. The van der Waals surface area contributed by atoms with Crippen molar-refractivity contribution in [3.8, 4) is 0 Å². The number of aryl methyl sites for hydroxylation is 4. The number of carbonyl (C=O) groups is 2. The van der Waals surface area contributed by atoms with Crippen LogP contribution in [0.4, 0.5) is 0 Å². The van der Waals surface area contributed by atoms with Crippen molar-refractivity contribution in [3.63, 3.8) is 0 Å². The Kier molecular flexibility index (Phi) is 3.98. The van der Waals surface area contributed by atoms with Crippen molar-refractivity contribution in [3.05, 3.63) is 56.3 Å². The zero-order valence-corrected chi connectivity index (χ0v) is 13.5. The van der Waals surface area contributed by atoms with Crippen molar-refractivity contribution in [2.24, 2.45) is 0 Å². The molecule has 114 valence electrons. The quantitative estimate of drug-likeness (QED) is 0.837. The number of rotatable bonds is 2. The zero-order chi connectivity index (χ0) is 15.7. The van der Waals surface area contributed by atoms with Crippen molar-refractivity contribution >= 4 is 23.2 Å². The van der Waals surface area contributed by atoms with Gasteiger partial charge in [-0.05, 0) is 56.9 Å². The lowest BCUT2D eigenvalue weighted by Gasteiger charge is -2.08. The smallest absolute Gasteiger partial charge is 0.267 e. The first kappa shape index (κ1) is 14.8. The summed E-state index contributed by atoms with van der Waals surface area (Å²) in [6.07, 6.45) is 3.28. The lowest BCUT2D eigenvalue weighted by atomic mass is 10.1. The van der Waals surface area contributed by atoms with Gasteiger partial charge in [0.25, 0.3) is 11.8 Å². The van der Waals surface area contributed by atoms with Crippen LogP contribution in [0.2, 0.25) is 0 Å². The van der Waals surface area contributed by atoms with Crippen LogP contribution in [0.3, 0.4) is 0 Å². The summed E-state index contributed by atoms with van der Waals surface area (Å²) < 4.78 is 0. The molecule has 1 aromatic carbocycles. The molecule has 4 nitrogen and oxygen atoms in total. The van der Waals surface area contributed by atoms with Crippen LogP contribution in [-0.4, -0.2) is 11.8 Å². The Labute approximate surface area is 133 Å². The van der Waals surface area contributed by atoms with Crippen LogP contribution < -0.4 is 10.9 Å². The van der Waals surface area contributed by atoms with Crippen molar-refractivity contribution in [1.82, 2.24) is 10.9 Å². The van der Waals surface area contributed by atoms with Gasteiger partial charge in [0.1, 0.15) is 0 Å². The number of amides is 2. The molecule has 3 rings (SSSR count). The first-order valence-corrected chi connectivity index (χ1v) is 8.15. The minimum absolute atomic E-state index is 0.253. The standard InChI is InChI=1S/C17H18N2O2S/c1-10-6-11(2)8-13(7-10)16(20)18-19-17(21)15-9-12-4-3-5-14(12)22-15/h6-9H,3-5H2,1-2H3,(H,18,20)(H,19,21). The van der Waals surface area contributed by atoms with Gasteiger partial charge in [-0.1, -0.05) is 17.2 Å². The number of fused-ring (bicyclic) bond motifs is 1. The number of carbonyl (C=O) groups excluding carboxylic acids is 2. The summed E-state index contributed by atoms with van der Waals surface area (Å²) in [6, 6.07) is 7.54. The molecule has 2 N–H and O–H groups in total. The monoisotopic (exact) mass is 314 g/mol. The van der Waals surface area contributed by atoms with E-state index in [1.807, 2.05) is 26.0 Å². The number of hydrazine groups is 1. The van der Waals surface area contributed by atoms with Crippen molar-refractivity contribution in [1.29, 1.82) is 0 Å². The third kappa shape index (κ3) is 3.04. The van der Waals surface area contributed by atoms with E-state index in [1.165, 1.54) is 28.2 Å². The predicted octanol–water partition coefficient (Wildman–Crippen LogP) is 2.93. The number of nitrogens with one attached hydrogen (secondary N) is 2. The largest absolute Gasteiger partial charge is 0.279 e. The highest BCUT2D eigenvalue weighted by Crippen LogP contribution is 2.30. The Morgan fingerprint density at radius 2 is 1.64 bits per heavy atom. The Morgan fingerprint density at radius 3 is 2.32 bits per heavy atom. The average molecular weight is 314 g/mol. The van der Waals surface area contributed by atoms with Gasteiger partial charge in [-0.25, -0.2) is 0 Å². The molecule has 22 heavy (non-hydrogen) atoms. The van der Waals surface area contributed by atoms with E-state index in [4.69, 9.17) is 0 Å². The highest BCUT2D eigenvalue weighted by Gasteiger charge is 2.18. The summed E-state index contributed by atoms with van der Waals surface area (Å²) in [5.74, 6) is -0.554. The maximum absolute atomic E-state index is 12.1. The fourth-order valence-electron chi connectivity index (χ4n) is 2.79. The van der Waals surface area contributed by atoms with Crippen LogP contribution in [0.5, 0.6) is 0 Å². The van der Waals surface area contributed by atoms with Crippen LogP contribution in [-0.2, 0) is 12.8 Å². The minimum Gasteiger partial charge on any atom is -0.267 e. The summed E-state index contributed by atoms with van der Waals surface area (Å²) in [7, 11) is 0. The fraction of sp³-hybridized carbons (Fsp3) is 0.294. The molecule has 0 fully saturated rings. The molecule has 1 aromatic heterocycles. The molecule has 0 saturated heterocycles. The molecule has 0 atom stereocenters. The zero-order valence-electron chi connectivity index (χ0n) is 12.7. The van der Waals surface area contributed by atoms with Crippen LogP contribution in [0.25, 0.3) is 0 Å². The molecule has 2 aromatic rings. The van der Waals surface area contributed by atoms with Crippen LogP contribution in [0.1, 0.15) is 48.0 Å². The number of benzene rings is 1. The van der Waals surface area contributed by atoms with E-state index >= 15 is 0 Å². The van der Waals surface area contributed by atoms with Gasteiger partial charge in [-0.15, -0.1) is 11.3 Å². The molecule has 0 bridgehead atoms. The van der Waals surface area contributed by atoms with Crippen LogP contribution in [0, 0.1) is 13.8 Å². The predicted molar refractivity (Wildman–Crippen MR) is 87.2 cm³/mol. The summed E-state index contributed by atoms with van der Waals surface area (Å²) in [5.41, 5.74) is 8.84. The van der Waals surface area contributed by atoms with Gasteiger partial charge in [0, 0.05) is 10.4 Å². The fourth-order valence-corrected chi connectivity index (χ4v) is 3.94. The average Bonchev–Trinajstić information content (AvgIpc) is 3.04. The Hall–Kier alpha value is -2.14. The number of thiophene rings is 1. The van der Waals surface area contributed by atoms with Gasteiger partial charge in [0.05, 0.1) is 4.88 Å². The van der Waals surface area contributed by atoms with Gasteiger partial charge < -0.3 is 0 Å². The van der Waals surface area contributed by atoms with Gasteiger partial charge in [0.15, 0.2) is 0 Å². The van der Waals surface area contributed by atoms with Crippen molar-refractivity contribution in [2.45, 2.75) is 33.1 Å². The highest BCUT2D eigenvalue weighted by atomic mass is 32.1. The van der Waals surface area contributed by atoms with E-state index in [1.54, 1.807) is 12.1 Å². The molecular weight excluding hydrogens is 296 g/mol. The lowest BCUT2D eigenvalue weighted by Crippen LogP contribution is -2.41. The number of hydrogen-bond acceptors (Lipinski definition) is 3. The molecule has 1 aliphatic rings. The van der Waals surface area contributed by atoms with E-state index in [0.29, 0.717) is 10.4 Å². The summed E-state index contributed by atoms with van der Waals surface area (Å²) in [6.45, 7) is 3.88. The molecule has 0 aliphatic heterocycles. The Balaban J connectivity index is 1.63. The van der Waals surface area contributed by atoms with Gasteiger partial charge in [-0.3, -0.25) is 20.4 Å². The van der Waals surface area contributed by atoms with Gasteiger partial charge in [-0.2, -0.15) is 0 Å². The number of hydrogen-bond donors (Lipinski definition) is 2. The second-order valence-electron chi connectivity index (χ2n) is 5.70. The minimum atomic E-state index is -0.302.